The van der Waals surface area contributed by atoms with E-state index in [2.05, 4.69) is 15.9 Å². The summed E-state index contributed by atoms with van der Waals surface area (Å²) in [4.78, 5) is 14.5. The zero-order chi connectivity index (χ0) is 19.2. The minimum atomic E-state index is -3.74. The molecule has 0 bridgehead atoms. The van der Waals surface area contributed by atoms with Gasteiger partial charge in [0.1, 0.15) is 0 Å². The largest absolute Gasteiger partial charge is 0.394 e. The SMILES string of the molecule is O=C1CN(S(=O)(=O)c2ccccc2)C[C@H]2[C@@H](c3ccc(Br)cc3)[C@H](CO)N12. The van der Waals surface area contributed by atoms with Gasteiger partial charge in [-0.1, -0.05) is 46.3 Å². The number of aliphatic hydroxyl groups excluding tert-OH is 1. The number of carbonyl (C=O) groups is 1. The monoisotopic (exact) mass is 450 g/mol. The minimum absolute atomic E-state index is 0.0965. The summed E-state index contributed by atoms with van der Waals surface area (Å²) in [6.45, 7) is -0.119. The van der Waals surface area contributed by atoms with Crippen LogP contribution in [0.15, 0.2) is 64.0 Å². The van der Waals surface area contributed by atoms with Crippen LogP contribution in [-0.4, -0.2) is 60.4 Å². The third-order valence-corrected chi connectivity index (χ3v) is 7.71. The number of hydrogen-bond donors (Lipinski definition) is 1. The number of rotatable bonds is 4. The highest BCUT2D eigenvalue weighted by Crippen LogP contribution is 2.43. The molecule has 2 aromatic rings. The third kappa shape index (κ3) is 3.10. The van der Waals surface area contributed by atoms with Gasteiger partial charge < -0.3 is 10.0 Å². The maximum absolute atomic E-state index is 12.9. The second kappa shape index (κ2) is 7.01. The molecule has 142 valence electrons. The van der Waals surface area contributed by atoms with Gasteiger partial charge in [0.25, 0.3) is 0 Å². The average Bonchev–Trinajstić information content (AvgIpc) is 2.65. The van der Waals surface area contributed by atoms with Crippen LogP contribution in [0.3, 0.4) is 0 Å². The summed E-state index contributed by atoms with van der Waals surface area (Å²) in [5.41, 5.74) is 0.991. The molecule has 27 heavy (non-hydrogen) atoms. The van der Waals surface area contributed by atoms with Crippen LogP contribution in [0.2, 0.25) is 0 Å². The van der Waals surface area contributed by atoms with Crippen LogP contribution in [0.4, 0.5) is 0 Å². The predicted octanol–water partition coefficient (Wildman–Crippen LogP) is 1.81. The van der Waals surface area contributed by atoms with Gasteiger partial charge in [-0.05, 0) is 29.8 Å². The maximum Gasteiger partial charge on any atom is 0.243 e. The van der Waals surface area contributed by atoms with E-state index in [-0.39, 0.29) is 48.5 Å². The summed E-state index contributed by atoms with van der Waals surface area (Å²) in [6, 6.07) is 15.3. The lowest BCUT2D eigenvalue weighted by Crippen LogP contribution is -2.73. The van der Waals surface area contributed by atoms with E-state index in [1.807, 2.05) is 24.3 Å². The normalized spacial score (nSPS) is 25.8. The zero-order valence-electron chi connectivity index (χ0n) is 14.4. The van der Waals surface area contributed by atoms with Crippen LogP contribution in [-0.2, 0) is 14.8 Å². The number of sulfonamides is 1. The summed E-state index contributed by atoms with van der Waals surface area (Å²) in [6.07, 6.45) is 0. The summed E-state index contributed by atoms with van der Waals surface area (Å²) in [5.74, 6) is -0.362. The first-order valence-electron chi connectivity index (χ1n) is 8.66. The van der Waals surface area contributed by atoms with E-state index in [0.29, 0.717) is 0 Å². The van der Waals surface area contributed by atoms with Gasteiger partial charge in [0.15, 0.2) is 0 Å². The molecule has 0 saturated carbocycles. The fraction of sp³-hybridized carbons (Fsp3) is 0.316. The molecule has 2 heterocycles. The number of nitrogens with zero attached hydrogens (tertiary/aromatic N) is 2. The smallest absolute Gasteiger partial charge is 0.243 e. The van der Waals surface area contributed by atoms with Crippen LogP contribution in [0.5, 0.6) is 0 Å². The Morgan fingerprint density at radius 2 is 1.74 bits per heavy atom. The third-order valence-electron chi connectivity index (χ3n) is 5.36. The Kier molecular flexibility index (Phi) is 4.84. The molecule has 3 atom stereocenters. The van der Waals surface area contributed by atoms with Crippen molar-refractivity contribution < 1.29 is 18.3 Å². The Hall–Kier alpha value is -1.74. The first kappa shape index (κ1) is 18.6. The van der Waals surface area contributed by atoms with E-state index in [1.165, 1.54) is 16.4 Å². The number of benzene rings is 2. The van der Waals surface area contributed by atoms with Crippen molar-refractivity contribution in [2.75, 3.05) is 19.7 Å². The Labute approximate surface area is 166 Å². The van der Waals surface area contributed by atoms with Crippen molar-refractivity contribution in [3.63, 3.8) is 0 Å². The molecule has 2 aliphatic heterocycles. The minimum Gasteiger partial charge on any atom is -0.394 e. The average molecular weight is 451 g/mol. The Bertz CT molecular complexity index is 949. The van der Waals surface area contributed by atoms with Crippen LogP contribution in [0, 0.1) is 0 Å². The molecule has 0 radical (unpaired) electrons. The molecule has 1 amide bonds. The van der Waals surface area contributed by atoms with Crippen molar-refractivity contribution in [3.05, 3.63) is 64.6 Å². The molecule has 0 unspecified atom stereocenters. The number of carbonyl (C=O) groups excluding carboxylic acids is 1. The van der Waals surface area contributed by atoms with E-state index >= 15 is 0 Å². The molecule has 6 nitrogen and oxygen atoms in total. The van der Waals surface area contributed by atoms with Gasteiger partial charge in [-0.2, -0.15) is 4.31 Å². The number of hydrogen-bond acceptors (Lipinski definition) is 4. The van der Waals surface area contributed by atoms with Crippen LogP contribution >= 0.6 is 15.9 Å². The molecule has 2 aromatic carbocycles. The quantitative estimate of drug-likeness (QED) is 0.770. The summed E-state index contributed by atoms with van der Waals surface area (Å²) < 4.78 is 28.1. The molecule has 0 spiro atoms. The molecular formula is C19H19BrN2O4S. The lowest BCUT2D eigenvalue weighted by molar-refractivity contribution is -0.158. The Morgan fingerprint density at radius 3 is 2.37 bits per heavy atom. The topological polar surface area (TPSA) is 77.9 Å². The highest BCUT2D eigenvalue weighted by Gasteiger charge is 2.55. The Balaban J connectivity index is 1.64. The molecule has 0 aromatic heterocycles. The van der Waals surface area contributed by atoms with Crippen LogP contribution in [0.25, 0.3) is 0 Å². The fourth-order valence-electron chi connectivity index (χ4n) is 4.08. The standard InChI is InChI=1S/C19H19BrN2O4S/c20-14-8-6-13(7-9-14)19-16-10-21(11-18(24)22(16)17(19)12-23)27(25,26)15-4-2-1-3-5-15/h1-9,16-17,19,23H,10-12H2/t16-,17-,19+/m0/s1. The van der Waals surface area contributed by atoms with Crippen molar-refractivity contribution in [1.82, 2.24) is 9.21 Å². The van der Waals surface area contributed by atoms with Gasteiger partial charge >= 0.3 is 0 Å². The second-order valence-electron chi connectivity index (χ2n) is 6.81. The Morgan fingerprint density at radius 1 is 1.07 bits per heavy atom. The summed E-state index contributed by atoms with van der Waals surface area (Å²) >= 11 is 3.41. The second-order valence-corrected chi connectivity index (χ2v) is 9.66. The van der Waals surface area contributed by atoms with Crippen molar-refractivity contribution in [1.29, 1.82) is 0 Å². The molecule has 2 saturated heterocycles. The van der Waals surface area contributed by atoms with Crippen molar-refractivity contribution in [3.8, 4) is 0 Å². The zero-order valence-corrected chi connectivity index (χ0v) is 16.8. The van der Waals surface area contributed by atoms with Crippen molar-refractivity contribution >= 4 is 31.9 Å². The molecule has 2 fully saturated rings. The molecule has 0 aliphatic carbocycles. The molecule has 8 heteroatoms. The first-order valence-corrected chi connectivity index (χ1v) is 10.9. The van der Waals surface area contributed by atoms with Gasteiger partial charge in [0.05, 0.1) is 30.1 Å². The van der Waals surface area contributed by atoms with E-state index in [0.717, 1.165) is 10.0 Å². The van der Waals surface area contributed by atoms with E-state index < -0.39 is 10.0 Å². The maximum atomic E-state index is 12.9. The first-order chi connectivity index (χ1) is 12.9. The molecule has 2 aliphatic rings. The van der Waals surface area contributed by atoms with Gasteiger partial charge in [0.2, 0.25) is 15.9 Å². The van der Waals surface area contributed by atoms with Crippen molar-refractivity contribution in [2.45, 2.75) is 22.9 Å². The number of amides is 1. The predicted molar refractivity (Wildman–Crippen MR) is 104 cm³/mol. The van der Waals surface area contributed by atoms with Gasteiger partial charge in [-0.3, -0.25) is 4.79 Å². The number of fused-ring (bicyclic) bond motifs is 1. The summed E-state index contributed by atoms with van der Waals surface area (Å²) in [5, 5.41) is 9.80. The van der Waals surface area contributed by atoms with Crippen LogP contribution in [0.1, 0.15) is 11.5 Å². The van der Waals surface area contributed by atoms with Crippen LogP contribution < -0.4 is 0 Å². The lowest BCUT2D eigenvalue weighted by Gasteiger charge is -2.58. The van der Waals surface area contributed by atoms with Gasteiger partial charge in [-0.25, -0.2) is 8.42 Å². The van der Waals surface area contributed by atoms with Gasteiger partial charge in [-0.15, -0.1) is 0 Å². The number of aliphatic hydroxyl groups is 1. The molecule has 1 N–H and O–H groups in total. The lowest BCUT2D eigenvalue weighted by atomic mass is 9.74. The molecule has 4 rings (SSSR count). The summed E-state index contributed by atoms with van der Waals surface area (Å²) in [7, 11) is -3.74. The highest BCUT2D eigenvalue weighted by molar-refractivity contribution is 9.10. The number of halogens is 1. The molecular weight excluding hydrogens is 432 g/mol. The van der Waals surface area contributed by atoms with Gasteiger partial charge in [0, 0.05) is 16.9 Å². The van der Waals surface area contributed by atoms with E-state index in [4.69, 9.17) is 0 Å². The fourth-order valence-corrected chi connectivity index (χ4v) is 5.77. The highest BCUT2D eigenvalue weighted by atomic mass is 79.9. The van der Waals surface area contributed by atoms with E-state index in [1.54, 1.807) is 23.1 Å². The number of piperazine rings is 1. The van der Waals surface area contributed by atoms with Crippen molar-refractivity contribution in [2.24, 2.45) is 0 Å². The van der Waals surface area contributed by atoms with E-state index in [9.17, 15) is 18.3 Å².